The second kappa shape index (κ2) is 6.70. The average molecular weight is 277 g/mol. The maximum absolute atomic E-state index is 11.0. The third-order valence-corrected chi connectivity index (χ3v) is 3.91. The van der Waals surface area contributed by atoms with E-state index in [1.165, 1.54) is 12.8 Å². The summed E-state index contributed by atoms with van der Waals surface area (Å²) in [6, 6.07) is 5.40. The van der Waals surface area contributed by atoms with Crippen molar-refractivity contribution < 1.29 is 4.92 Å². The van der Waals surface area contributed by atoms with Gasteiger partial charge in [0.05, 0.1) is 4.92 Å². The highest BCUT2D eigenvalue weighted by Crippen LogP contribution is 2.26. The van der Waals surface area contributed by atoms with Gasteiger partial charge >= 0.3 is 0 Å². The smallest absolute Gasteiger partial charge is 0.292 e. The Bertz CT molecular complexity index is 468. The number of nitro benzene ring substituents is 1. The van der Waals surface area contributed by atoms with Gasteiger partial charge in [-0.05, 0) is 50.4 Å². The highest BCUT2D eigenvalue weighted by molar-refractivity contribution is 5.62. The van der Waals surface area contributed by atoms with Crippen LogP contribution >= 0.6 is 0 Å². The molecule has 0 radical (unpaired) electrons. The lowest BCUT2D eigenvalue weighted by molar-refractivity contribution is -0.384. The van der Waals surface area contributed by atoms with Crippen LogP contribution in [0.3, 0.4) is 0 Å². The van der Waals surface area contributed by atoms with Crippen molar-refractivity contribution in [3.63, 3.8) is 0 Å². The topological polar surface area (TPSA) is 58.4 Å². The van der Waals surface area contributed by atoms with Crippen LogP contribution in [-0.2, 0) is 6.54 Å². The number of rotatable bonds is 5. The molecule has 2 rings (SSSR count). The maximum atomic E-state index is 11.0. The molecule has 0 atom stereocenters. The molecular weight excluding hydrogens is 254 g/mol. The van der Waals surface area contributed by atoms with Gasteiger partial charge in [0.15, 0.2) is 0 Å². The van der Waals surface area contributed by atoms with Gasteiger partial charge in [-0.25, -0.2) is 0 Å². The molecule has 1 fully saturated rings. The Hall–Kier alpha value is -1.62. The van der Waals surface area contributed by atoms with Crippen molar-refractivity contribution in [2.75, 3.05) is 25.0 Å². The lowest BCUT2D eigenvalue weighted by Gasteiger charge is -2.30. The molecule has 0 aromatic heterocycles. The minimum Gasteiger partial charge on any atom is -0.380 e. The fourth-order valence-electron chi connectivity index (χ4n) is 2.65. The van der Waals surface area contributed by atoms with E-state index in [4.69, 9.17) is 0 Å². The molecule has 1 aliphatic heterocycles. The highest BCUT2D eigenvalue weighted by Gasteiger charge is 2.18. The molecule has 0 unspecified atom stereocenters. The van der Waals surface area contributed by atoms with Crippen LogP contribution in [-0.4, -0.2) is 29.5 Å². The first-order chi connectivity index (χ1) is 9.60. The highest BCUT2D eigenvalue weighted by atomic mass is 16.6. The molecular formula is C15H23N3O2. The summed E-state index contributed by atoms with van der Waals surface area (Å²) in [6.45, 7) is 8.05. The van der Waals surface area contributed by atoms with Crippen LogP contribution in [0.4, 0.5) is 11.4 Å². The number of benzene rings is 1. The van der Waals surface area contributed by atoms with Crippen LogP contribution in [0, 0.1) is 16.0 Å². The second-order valence-electron chi connectivity index (χ2n) is 5.60. The Morgan fingerprint density at radius 3 is 2.70 bits per heavy atom. The molecule has 0 aliphatic carbocycles. The second-order valence-corrected chi connectivity index (χ2v) is 5.60. The van der Waals surface area contributed by atoms with E-state index in [9.17, 15) is 10.1 Å². The molecule has 1 aromatic rings. The summed E-state index contributed by atoms with van der Waals surface area (Å²) in [5.74, 6) is 0.820. The van der Waals surface area contributed by atoms with Gasteiger partial charge in [0, 0.05) is 19.2 Å². The Balaban J connectivity index is 2.08. The summed E-state index contributed by atoms with van der Waals surface area (Å²) in [4.78, 5) is 13.1. The van der Waals surface area contributed by atoms with E-state index in [2.05, 4.69) is 17.1 Å². The first-order valence-corrected chi connectivity index (χ1v) is 7.33. The summed E-state index contributed by atoms with van der Waals surface area (Å²) >= 11 is 0. The van der Waals surface area contributed by atoms with Gasteiger partial charge in [0.1, 0.15) is 5.69 Å². The largest absolute Gasteiger partial charge is 0.380 e. The third-order valence-electron chi connectivity index (χ3n) is 3.91. The van der Waals surface area contributed by atoms with Crippen molar-refractivity contribution in [3.8, 4) is 0 Å². The molecule has 1 N–H and O–H groups in total. The number of hydrogen-bond donors (Lipinski definition) is 1. The minimum absolute atomic E-state index is 0.155. The summed E-state index contributed by atoms with van der Waals surface area (Å²) in [6.07, 6.45) is 2.49. The molecule has 0 amide bonds. The SMILES string of the molecule is CCNc1cc(CN2CCC(C)CC2)ccc1[N+](=O)[O-]. The molecule has 5 nitrogen and oxygen atoms in total. The Morgan fingerprint density at radius 2 is 2.10 bits per heavy atom. The van der Waals surface area contributed by atoms with Gasteiger partial charge in [0.2, 0.25) is 0 Å². The summed E-state index contributed by atoms with van der Waals surface area (Å²) in [5.41, 5.74) is 1.92. The Labute approximate surface area is 120 Å². The number of nitrogens with zero attached hydrogens (tertiary/aromatic N) is 2. The van der Waals surface area contributed by atoms with Crippen molar-refractivity contribution in [1.82, 2.24) is 4.90 Å². The third kappa shape index (κ3) is 3.70. The molecule has 1 aliphatic rings. The molecule has 20 heavy (non-hydrogen) atoms. The van der Waals surface area contributed by atoms with Crippen LogP contribution < -0.4 is 5.32 Å². The van der Waals surface area contributed by atoms with E-state index in [-0.39, 0.29) is 10.6 Å². The zero-order chi connectivity index (χ0) is 14.5. The fraction of sp³-hybridized carbons (Fsp3) is 0.600. The van der Waals surface area contributed by atoms with Crippen LogP contribution in [0.5, 0.6) is 0 Å². The van der Waals surface area contributed by atoms with Crippen LogP contribution in [0.25, 0.3) is 0 Å². The number of nitro groups is 1. The van der Waals surface area contributed by atoms with E-state index >= 15 is 0 Å². The maximum Gasteiger partial charge on any atom is 0.292 e. The van der Waals surface area contributed by atoms with Crippen molar-refractivity contribution in [3.05, 3.63) is 33.9 Å². The van der Waals surface area contributed by atoms with Crippen LogP contribution in [0.1, 0.15) is 32.3 Å². The lowest BCUT2D eigenvalue weighted by atomic mass is 9.99. The number of likely N-dealkylation sites (tertiary alicyclic amines) is 1. The van der Waals surface area contributed by atoms with E-state index in [0.717, 1.165) is 31.1 Å². The number of anilines is 1. The average Bonchev–Trinajstić information content (AvgIpc) is 2.42. The predicted octanol–water partition coefficient (Wildman–Crippen LogP) is 3.26. The molecule has 5 heteroatoms. The van der Waals surface area contributed by atoms with E-state index in [1.807, 2.05) is 19.1 Å². The summed E-state index contributed by atoms with van der Waals surface area (Å²) in [7, 11) is 0. The van der Waals surface area contributed by atoms with Gasteiger partial charge in [-0.15, -0.1) is 0 Å². The summed E-state index contributed by atoms with van der Waals surface area (Å²) < 4.78 is 0. The van der Waals surface area contributed by atoms with E-state index < -0.39 is 0 Å². The van der Waals surface area contributed by atoms with Gasteiger partial charge in [-0.1, -0.05) is 13.0 Å². The fourth-order valence-corrected chi connectivity index (χ4v) is 2.65. The molecule has 1 saturated heterocycles. The van der Waals surface area contributed by atoms with E-state index in [0.29, 0.717) is 12.2 Å². The lowest BCUT2D eigenvalue weighted by Crippen LogP contribution is -2.32. The number of piperidine rings is 1. The van der Waals surface area contributed by atoms with Crippen molar-refractivity contribution in [2.24, 2.45) is 5.92 Å². The Morgan fingerprint density at radius 1 is 1.40 bits per heavy atom. The standard InChI is InChI=1S/C15H23N3O2/c1-3-16-14-10-13(4-5-15(14)18(19)20)11-17-8-6-12(2)7-9-17/h4-5,10,12,16H,3,6-9,11H2,1-2H3. The monoisotopic (exact) mass is 277 g/mol. The zero-order valence-corrected chi connectivity index (χ0v) is 12.3. The first kappa shape index (κ1) is 14.8. The van der Waals surface area contributed by atoms with Crippen molar-refractivity contribution in [1.29, 1.82) is 0 Å². The molecule has 0 saturated carbocycles. The number of hydrogen-bond acceptors (Lipinski definition) is 4. The Kier molecular flexibility index (Phi) is 4.95. The quantitative estimate of drug-likeness (QED) is 0.663. The van der Waals surface area contributed by atoms with Gasteiger partial charge in [-0.2, -0.15) is 0 Å². The predicted molar refractivity (Wildman–Crippen MR) is 80.9 cm³/mol. The molecule has 0 bridgehead atoms. The molecule has 1 aromatic carbocycles. The molecule has 110 valence electrons. The van der Waals surface area contributed by atoms with Crippen molar-refractivity contribution >= 4 is 11.4 Å². The van der Waals surface area contributed by atoms with Crippen molar-refractivity contribution in [2.45, 2.75) is 33.2 Å². The zero-order valence-electron chi connectivity index (χ0n) is 12.3. The number of nitrogens with one attached hydrogen (secondary N) is 1. The molecule has 0 spiro atoms. The van der Waals surface area contributed by atoms with Crippen LogP contribution in [0.15, 0.2) is 18.2 Å². The first-order valence-electron chi connectivity index (χ1n) is 7.33. The van der Waals surface area contributed by atoms with Gasteiger partial charge in [-0.3, -0.25) is 15.0 Å². The normalized spacial score (nSPS) is 17.1. The van der Waals surface area contributed by atoms with Gasteiger partial charge < -0.3 is 5.32 Å². The van der Waals surface area contributed by atoms with E-state index in [1.54, 1.807) is 6.07 Å². The summed E-state index contributed by atoms with van der Waals surface area (Å²) in [5, 5.41) is 14.1. The minimum atomic E-state index is -0.329. The van der Waals surface area contributed by atoms with Gasteiger partial charge in [0.25, 0.3) is 5.69 Å². The van der Waals surface area contributed by atoms with Crippen LogP contribution in [0.2, 0.25) is 0 Å². The molecule has 1 heterocycles.